The molecule has 3 aromatic carbocycles. The molecule has 0 radical (unpaired) electrons. The minimum absolute atomic E-state index is 0.0806. The fourth-order valence-corrected chi connectivity index (χ4v) is 6.08. The molecule has 2 N–H and O–H groups in total. The first-order chi connectivity index (χ1) is 17.8. The van der Waals surface area contributed by atoms with Crippen LogP contribution in [0.1, 0.15) is 42.9 Å². The van der Waals surface area contributed by atoms with Crippen LogP contribution in [0.4, 0.5) is 5.69 Å². The zero-order valence-corrected chi connectivity index (χ0v) is 21.2. The number of hydrogen-bond donors (Lipinski definition) is 2. The number of aromatic nitrogens is 1. The molecule has 188 valence electrons. The number of ether oxygens (including phenoxy) is 2. The minimum Gasteiger partial charge on any atom is -0.494 e. The lowest BCUT2D eigenvalue weighted by molar-refractivity contribution is -0.0876. The summed E-state index contributed by atoms with van der Waals surface area (Å²) in [6, 6.07) is 21.4. The third kappa shape index (κ3) is 3.36. The number of hydrogen-bond acceptors (Lipinski definition) is 6. The molecule has 7 nitrogen and oxygen atoms in total. The van der Waals surface area contributed by atoms with Crippen molar-refractivity contribution in [3.05, 3.63) is 77.4 Å². The molecule has 2 aliphatic heterocycles. The highest BCUT2D eigenvalue weighted by Gasteiger charge is 2.61. The zero-order chi connectivity index (χ0) is 25.9. The van der Waals surface area contributed by atoms with Gasteiger partial charge in [-0.05, 0) is 43.4 Å². The fourth-order valence-electron chi connectivity index (χ4n) is 6.08. The number of nitriles is 1. The molecule has 1 fully saturated rings. The van der Waals surface area contributed by atoms with Crippen molar-refractivity contribution in [2.75, 3.05) is 25.6 Å². The van der Waals surface area contributed by atoms with Crippen LogP contribution in [0.2, 0.25) is 0 Å². The van der Waals surface area contributed by atoms with Crippen molar-refractivity contribution in [3.8, 4) is 29.3 Å². The minimum atomic E-state index is -0.778. The third-order valence-corrected chi connectivity index (χ3v) is 7.90. The smallest absolute Gasteiger partial charge is 0.205 e. The number of fused-ring (bicyclic) bond motifs is 6. The van der Waals surface area contributed by atoms with Crippen LogP contribution in [0.3, 0.4) is 0 Å². The van der Waals surface area contributed by atoms with Crippen molar-refractivity contribution in [1.82, 2.24) is 4.57 Å². The molecule has 3 heterocycles. The number of rotatable bonds is 6. The van der Waals surface area contributed by atoms with Crippen molar-refractivity contribution < 1.29 is 19.7 Å². The van der Waals surface area contributed by atoms with E-state index in [1.807, 2.05) is 80.5 Å². The summed E-state index contributed by atoms with van der Waals surface area (Å²) in [4.78, 5) is 2.02. The number of anilines is 1. The van der Waals surface area contributed by atoms with E-state index in [0.29, 0.717) is 41.8 Å². The molecular formula is C30H29N3O4. The van der Waals surface area contributed by atoms with Gasteiger partial charge >= 0.3 is 0 Å². The van der Waals surface area contributed by atoms with E-state index in [1.165, 1.54) is 4.57 Å². The fraction of sp³-hybridized carbons (Fsp3) is 0.300. The highest BCUT2D eigenvalue weighted by molar-refractivity contribution is 5.91. The summed E-state index contributed by atoms with van der Waals surface area (Å²) in [7, 11) is 3.97. The summed E-state index contributed by atoms with van der Waals surface area (Å²) in [6.45, 7) is 2.34. The van der Waals surface area contributed by atoms with Gasteiger partial charge in [0.25, 0.3) is 0 Å². The molecule has 2 atom stereocenters. The van der Waals surface area contributed by atoms with Crippen LogP contribution < -0.4 is 9.64 Å². The highest BCUT2D eigenvalue weighted by atomic mass is 16.5. The van der Waals surface area contributed by atoms with Crippen LogP contribution in [0.15, 0.2) is 60.7 Å². The van der Waals surface area contributed by atoms with Crippen molar-refractivity contribution in [2.45, 2.75) is 37.4 Å². The Hall–Kier alpha value is -4.15. The molecule has 0 aliphatic carbocycles. The van der Waals surface area contributed by atoms with E-state index in [2.05, 4.69) is 6.07 Å². The topological polar surface area (TPSA) is 90.9 Å². The average Bonchev–Trinajstić information content (AvgIpc) is 3.47. The Morgan fingerprint density at radius 1 is 1.03 bits per heavy atom. The van der Waals surface area contributed by atoms with Gasteiger partial charge in [-0.3, -0.25) is 0 Å². The Labute approximate surface area is 215 Å². The summed E-state index contributed by atoms with van der Waals surface area (Å²) in [5.41, 5.74) is 1.58. The summed E-state index contributed by atoms with van der Waals surface area (Å²) < 4.78 is 14.0. The molecule has 7 heteroatoms. The van der Waals surface area contributed by atoms with E-state index in [4.69, 9.17) is 9.47 Å². The molecular weight excluding hydrogens is 466 g/mol. The van der Waals surface area contributed by atoms with Crippen molar-refractivity contribution in [1.29, 1.82) is 5.26 Å². The van der Waals surface area contributed by atoms with E-state index in [9.17, 15) is 15.5 Å². The molecule has 0 amide bonds. The summed E-state index contributed by atoms with van der Waals surface area (Å²) in [6.07, 6.45) is 1.94. The maximum atomic E-state index is 11.6. The van der Waals surface area contributed by atoms with Gasteiger partial charge in [-0.1, -0.05) is 36.4 Å². The Kier molecular flexibility index (Phi) is 5.15. The monoisotopic (exact) mass is 495 g/mol. The second kappa shape index (κ2) is 8.19. The lowest BCUT2D eigenvalue weighted by atomic mass is 9.78. The van der Waals surface area contributed by atoms with Crippen LogP contribution in [0, 0.1) is 11.3 Å². The van der Waals surface area contributed by atoms with Gasteiger partial charge in [0, 0.05) is 37.7 Å². The Balaban J connectivity index is 1.39. The van der Waals surface area contributed by atoms with Gasteiger partial charge in [0.1, 0.15) is 17.4 Å². The Morgan fingerprint density at radius 2 is 1.81 bits per heavy atom. The third-order valence-electron chi connectivity index (χ3n) is 7.90. The largest absolute Gasteiger partial charge is 0.494 e. The average molecular weight is 496 g/mol. The van der Waals surface area contributed by atoms with Gasteiger partial charge in [0.15, 0.2) is 0 Å². The SMILES string of the molecule is CN(C)c1cccc(OCCC23CCC(C)(O2)c2c3c(O)n(-c3ccc4ccccc4c3C#N)c2O)c1. The second-order valence-electron chi connectivity index (χ2n) is 10.3. The van der Waals surface area contributed by atoms with Gasteiger partial charge in [0.2, 0.25) is 11.8 Å². The van der Waals surface area contributed by atoms with E-state index >= 15 is 0 Å². The maximum absolute atomic E-state index is 11.6. The Bertz CT molecular complexity index is 1580. The molecule has 1 saturated heterocycles. The van der Waals surface area contributed by atoms with E-state index < -0.39 is 11.2 Å². The molecule has 37 heavy (non-hydrogen) atoms. The highest BCUT2D eigenvalue weighted by Crippen LogP contribution is 2.65. The van der Waals surface area contributed by atoms with Crippen LogP contribution in [0.5, 0.6) is 17.5 Å². The molecule has 2 aliphatic rings. The molecule has 4 aromatic rings. The standard InChI is InChI=1S/C30H29N3O4/c1-29-13-14-30(37-29,15-16-36-21-9-6-8-20(17-21)32(2)3)26-25(29)27(34)33(28(26)35)24-12-11-19-7-4-5-10-22(19)23(24)18-31/h4-12,17,34-35H,13-16H2,1-3H3. The zero-order valence-electron chi connectivity index (χ0n) is 21.2. The molecule has 0 saturated carbocycles. The van der Waals surface area contributed by atoms with Gasteiger partial charge in [0.05, 0.1) is 34.6 Å². The summed E-state index contributed by atoms with van der Waals surface area (Å²) in [5, 5.41) is 34.7. The molecule has 1 aromatic heterocycles. The number of aromatic hydroxyl groups is 2. The number of nitrogens with zero attached hydrogens (tertiary/aromatic N) is 3. The molecule has 2 unspecified atom stereocenters. The van der Waals surface area contributed by atoms with Crippen molar-refractivity contribution in [2.24, 2.45) is 0 Å². The van der Waals surface area contributed by atoms with Gasteiger partial charge < -0.3 is 24.6 Å². The lowest BCUT2D eigenvalue weighted by Gasteiger charge is -2.26. The van der Waals surface area contributed by atoms with Gasteiger partial charge in [-0.15, -0.1) is 0 Å². The second-order valence-corrected chi connectivity index (χ2v) is 10.3. The maximum Gasteiger partial charge on any atom is 0.205 e. The summed E-state index contributed by atoms with van der Waals surface area (Å²) in [5.74, 6) is 0.598. The number of benzene rings is 3. The van der Waals surface area contributed by atoms with Gasteiger partial charge in [-0.2, -0.15) is 5.26 Å². The first kappa shape index (κ1) is 23.3. The van der Waals surface area contributed by atoms with Crippen LogP contribution in [-0.2, 0) is 15.9 Å². The van der Waals surface area contributed by atoms with E-state index in [0.717, 1.165) is 28.6 Å². The molecule has 0 spiro atoms. The quantitative estimate of drug-likeness (QED) is 0.358. The summed E-state index contributed by atoms with van der Waals surface area (Å²) >= 11 is 0. The van der Waals surface area contributed by atoms with Crippen molar-refractivity contribution >= 4 is 16.5 Å². The van der Waals surface area contributed by atoms with E-state index in [1.54, 1.807) is 6.07 Å². The van der Waals surface area contributed by atoms with E-state index in [-0.39, 0.29) is 11.8 Å². The van der Waals surface area contributed by atoms with Crippen LogP contribution in [0.25, 0.3) is 16.5 Å². The van der Waals surface area contributed by atoms with Gasteiger partial charge in [-0.25, -0.2) is 4.57 Å². The predicted molar refractivity (Wildman–Crippen MR) is 142 cm³/mol. The van der Waals surface area contributed by atoms with Crippen LogP contribution >= 0.6 is 0 Å². The first-order valence-electron chi connectivity index (χ1n) is 12.5. The lowest BCUT2D eigenvalue weighted by Crippen LogP contribution is -2.25. The van der Waals surface area contributed by atoms with Crippen LogP contribution in [-0.4, -0.2) is 35.5 Å². The predicted octanol–water partition coefficient (Wildman–Crippen LogP) is 5.68. The Morgan fingerprint density at radius 3 is 2.59 bits per heavy atom. The first-order valence-corrected chi connectivity index (χ1v) is 12.5. The molecule has 2 bridgehead atoms. The normalized spacial score (nSPS) is 21.7. The molecule has 6 rings (SSSR count). The van der Waals surface area contributed by atoms with Crippen molar-refractivity contribution in [3.63, 3.8) is 0 Å².